The summed E-state index contributed by atoms with van der Waals surface area (Å²) in [5, 5.41) is 3.20. The van der Waals surface area contributed by atoms with Gasteiger partial charge in [-0.2, -0.15) is 0 Å². The molecular weight excluding hydrogens is 375 g/mol. The summed E-state index contributed by atoms with van der Waals surface area (Å²) in [6, 6.07) is 14.7. The lowest BCUT2D eigenvalue weighted by Gasteiger charge is -2.31. The lowest BCUT2D eigenvalue weighted by atomic mass is 10.0. The number of nitrogens with one attached hydrogen (secondary N) is 1. The molecule has 3 rings (SSSR count). The number of morpholine rings is 1. The molecule has 0 aromatic heterocycles. The van der Waals surface area contributed by atoms with Crippen LogP contribution in [0.2, 0.25) is 0 Å². The van der Waals surface area contributed by atoms with Crippen LogP contribution in [-0.4, -0.2) is 49.4 Å². The Morgan fingerprint density at radius 3 is 2.50 bits per heavy atom. The number of amides is 1. The van der Waals surface area contributed by atoms with Crippen LogP contribution >= 0.6 is 11.8 Å². The van der Waals surface area contributed by atoms with Crippen molar-refractivity contribution in [2.24, 2.45) is 0 Å². The van der Waals surface area contributed by atoms with Crippen molar-refractivity contribution in [3.63, 3.8) is 0 Å². The molecule has 28 heavy (non-hydrogen) atoms. The van der Waals surface area contributed by atoms with Crippen LogP contribution in [0.5, 0.6) is 0 Å². The Balaban J connectivity index is 1.55. The standard InChI is InChI=1S/C22H27FN2O2S/c1-17-2-4-18(5-3-17)21(16-25-11-13-27-14-12-25)24-22(26)10-15-28-20-8-6-19(23)7-9-20/h2-9,21H,10-16H2,1H3,(H,24,26)/t21-/m0/s1. The molecule has 1 saturated heterocycles. The highest BCUT2D eigenvalue weighted by Crippen LogP contribution is 2.20. The van der Waals surface area contributed by atoms with Crippen LogP contribution in [0.1, 0.15) is 23.6 Å². The van der Waals surface area contributed by atoms with E-state index in [1.807, 2.05) is 0 Å². The predicted molar refractivity (Wildman–Crippen MR) is 111 cm³/mol. The molecule has 4 nitrogen and oxygen atoms in total. The number of carbonyl (C=O) groups excluding carboxylic acids is 1. The van der Waals surface area contributed by atoms with E-state index < -0.39 is 0 Å². The monoisotopic (exact) mass is 402 g/mol. The number of hydrogen-bond acceptors (Lipinski definition) is 4. The molecule has 6 heteroatoms. The lowest BCUT2D eigenvalue weighted by Crippen LogP contribution is -2.43. The molecule has 0 bridgehead atoms. The number of aryl methyl sites for hydroxylation is 1. The predicted octanol–water partition coefficient (Wildman–Crippen LogP) is 3.81. The number of nitrogens with zero attached hydrogens (tertiary/aromatic N) is 1. The van der Waals surface area contributed by atoms with Gasteiger partial charge < -0.3 is 10.1 Å². The summed E-state index contributed by atoms with van der Waals surface area (Å²) in [6.45, 7) is 6.10. The van der Waals surface area contributed by atoms with Crippen molar-refractivity contribution in [3.05, 3.63) is 65.5 Å². The van der Waals surface area contributed by atoms with E-state index in [0.717, 1.165) is 43.3 Å². The van der Waals surface area contributed by atoms with Crippen molar-refractivity contribution in [1.82, 2.24) is 10.2 Å². The highest BCUT2D eigenvalue weighted by Gasteiger charge is 2.20. The van der Waals surface area contributed by atoms with Crippen LogP contribution in [0, 0.1) is 12.7 Å². The maximum atomic E-state index is 13.0. The zero-order valence-electron chi connectivity index (χ0n) is 16.2. The normalized spacial score (nSPS) is 15.9. The Labute approximate surface area is 170 Å². The molecule has 0 radical (unpaired) electrons. The zero-order chi connectivity index (χ0) is 19.8. The van der Waals surface area contributed by atoms with Gasteiger partial charge in [0.25, 0.3) is 0 Å². The van der Waals surface area contributed by atoms with Gasteiger partial charge in [0.05, 0.1) is 19.3 Å². The van der Waals surface area contributed by atoms with E-state index in [2.05, 4.69) is 41.4 Å². The molecule has 1 heterocycles. The van der Waals surface area contributed by atoms with Crippen LogP contribution in [0.3, 0.4) is 0 Å². The van der Waals surface area contributed by atoms with Gasteiger partial charge in [0.15, 0.2) is 0 Å². The second-order valence-corrected chi connectivity index (χ2v) is 8.16. The third-order valence-electron chi connectivity index (χ3n) is 4.77. The molecule has 1 aliphatic rings. The number of thioether (sulfide) groups is 1. The molecule has 150 valence electrons. The van der Waals surface area contributed by atoms with Crippen molar-refractivity contribution < 1.29 is 13.9 Å². The summed E-state index contributed by atoms with van der Waals surface area (Å²) in [7, 11) is 0. The third-order valence-corrected chi connectivity index (χ3v) is 5.78. The molecular formula is C22H27FN2O2S. The van der Waals surface area contributed by atoms with Crippen molar-refractivity contribution in [1.29, 1.82) is 0 Å². The second-order valence-electron chi connectivity index (χ2n) is 7.00. The van der Waals surface area contributed by atoms with E-state index in [1.165, 1.54) is 17.7 Å². The number of rotatable bonds is 8. The smallest absolute Gasteiger partial charge is 0.221 e. The van der Waals surface area contributed by atoms with Gasteiger partial charge in [-0.1, -0.05) is 29.8 Å². The fourth-order valence-electron chi connectivity index (χ4n) is 3.13. The van der Waals surface area contributed by atoms with E-state index in [9.17, 15) is 9.18 Å². The molecule has 0 aliphatic carbocycles. The van der Waals surface area contributed by atoms with Crippen LogP contribution in [0.15, 0.2) is 53.4 Å². The summed E-state index contributed by atoms with van der Waals surface area (Å²) >= 11 is 1.56. The molecule has 1 amide bonds. The Kier molecular flexibility index (Phi) is 7.89. The molecule has 0 saturated carbocycles. The van der Waals surface area contributed by atoms with Gasteiger partial charge in [-0.15, -0.1) is 11.8 Å². The van der Waals surface area contributed by atoms with Gasteiger partial charge in [-0.25, -0.2) is 4.39 Å². The fourth-order valence-corrected chi connectivity index (χ4v) is 3.99. The van der Waals surface area contributed by atoms with Crippen molar-refractivity contribution in [3.8, 4) is 0 Å². The van der Waals surface area contributed by atoms with Crippen LogP contribution in [-0.2, 0) is 9.53 Å². The average molecular weight is 403 g/mol. The number of benzene rings is 2. The van der Waals surface area contributed by atoms with E-state index in [4.69, 9.17) is 4.74 Å². The zero-order valence-corrected chi connectivity index (χ0v) is 17.0. The average Bonchev–Trinajstić information content (AvgIpc) is 2.70. The van der Waals surface area contributed by atoms with Gasteiger partial charge in [0.2, 0.25) is 5.91 Å². The summed E-state index contributed by atoms with van der Waals surface area (Å²) in [4.78, 5) is 15.9. The first-order chi connectivity index (χ1) is 13.6. The van der Waals surface area contributed by atoms with Gasteiger partial charge in [-0.3, -0.25) is 9.69 Å². The third kappa shape index (κ3) is 6.62. The van der Waals surface area contributed by atoms with Crippen molar-refractivity contribution in [2.75, 3.05) is 38.6 Å². The summed E-state index contributed by atoms with van der Waals surface area (Å²) < 4.78 is 18.4. The minimum Gasteiger partial charge on any atom is -0.379 e. The quantitative estimate of drug-likeness (QED) is 0.682. The van der Waals surface area contributed by atoms with Gasteiger partial charge in [0.1, 0.15) is 5.82 Å². The number of halogens is 1. The highest BCUT2D eigenvalue weighted by molar-refractivity contribution is 7.99. The number of ether oxygens (including phenoxy) is 1. The largest absolute Gasteiger partial charge is 0.379 e. The summed E-state index contributed by atoms with van der Waals surface area (Å²) in [6.07, 6.45) is 0.424. The Morgan fingerprint density at radius 2 is 1.82 bits per heavy atom. The van der Waals surface area contributed by atoms with Gasteiger partial charge in [0, 0.05) is 36.7 Å². The number of carbonyl (C=O) groups is 1. The summed E-state index contributed by atoms with van der Waals surface area (Å²) in [5.41, 5.74) is 2.33. The van der Waals surface area contributed by atoms with E-state index in [0.29, 0.717) is 12.2 Å². The summed E-state index contributed by atoms with van der Waals surface area (Å²) in [5.74, 6) is 0.454. The molecule has 1 aliphatic heterocycles. The molecule has 1 N–H and O–H groups in total. The molecule has 2 aromatic carbocycles. The highest BCUT2D eigenvalue weighted by atomic mass is 32.2. The molecule has 1 atom stereocenters. The van der Waals surface area contributed by atoms with Gasteiger partial charge in [-0.05, 0) is 36.8 Å². The van der Waals surface area contributed by atoms with Crippen LogP contribution in [0.25, 0.3) is 0 Å². The Bertz CT molecular complexity index is 746. The molecule has 0 unspecified atom stereocenters. The van der Waals surface area contributed by atoms with Gasteiger partial charge >= 0.3 is 0 Å². The van der Waals surface area contributed by atoms with Crippen LogP contribution in [0.4, 0.5) is 4.39 Å². The first-order valence-corrected chi connectivity index (χ1v) is 10.6. The first kappa shape index (κ1) is 20.8. The lowest BCUT2D eigenvalue weighted by molar-refractivity contribution is -0.121. The Hall–Kier alpha value is -1.89. The first-order valence-electron chi connectivity index (χ1n) is 9.64. The fraction of sp³-hybridized carbons (Fsp3) is 0.409. The van der Waals surface area contributed by atoms with E-state index in [1.54, 1.807) is 23.9 Å². The molecule has 1 fully saturated rings. The van der Waals surface area contributed by atoms with Crippen molar-refractivity contribution in [2.45, 2.75) is 24.3 Å². The molecule has 0 spiro atoms. The Morgan fingerprint density at radius 1 is 1.14 bits per heavy atom. The minimum absolute atomic E-state index is 0.0356. The maximum absolute atomic E-state index is 13.0. The van der Waals surface area contributed by atoms with Crippen LogP contribution < -0.4 is 5.32 Å². The molecule has 2 aromatic rings. The maximum Gasteiger partial charge on any atom is 0.221 e. The van der Waals surface area contributed by atoms with E-state index in [-0.39, 0.29) is 17.8 Å². The second kappa shape index (κ2) is 10.6. The van der Waals surface area contributed by atoms with E-state index >= 15 is 0 Å². The van der Waals surface area contributed by atoms with Crippen molar-refractivity contribution >= 4 is 17.7 Å². The minimum atomic E-state index is -0.244. The SMILES string of the molecule is Cc1ccc([C@H](CN2CCOCC2)NC(=O)CCSc2ccc(F)cc2)cc1. The number of hydrogen-bond donors (Lipinski definition) is 1. The topological polar surface area (TPSA) is 41.6 Å².